The van der Waals surface area contributed by atoms with Gasteiger partial charge in [-0.05, 0) is 61.1 Å². The minimum absolute atomic E-state index is 0.0273. The van der Waals surface area contributed by atoms with Crippen molar-refractivity contribution < 1.29 is 22.8 Å². The Hall–Kier alpha value is -3.67. The number of carbonyl (C=O) groups excluding carboxylic acids is 2. The number of ketones is 1. The second-order valence-corrected chi connectivity index (χ2v) is 9.28. The molecule has 3 rings (SSSR count). The van der Waals surface area contributed by atoms with Gasteiger partial charge in [-0.2, -0.15) is 18.4 Å². The van der Waals surface area contributed by atoms with Crippen molar-refractivity contribution in [3.63, 3.8) is 0 Å². The molecule has 0 spiro atoms. The molecule has 0 saturated heterocycles. The van der Waals surface area contributed by atoms with Crippen molar-refractivity contribution in [1.29, 1.82) is 5.26 Å². The highest BCUT2D eigenvalue weighted by molar-refractivity contribution is 6.04. The highest BCUT2D eigenvalue weighted by Gasteiger charge is 2.30. The largest absolute Gasteiger partial charge is 0.395 e. The Labute approximate surface area is 221 Å². The molecule has 0 fully saturated rings. The first kappa shape index (κ1) is 30.6. The summed E-state index contributed by atoms with van der Waals surface area (Å²) in [6.07, 6.45) is 3.23. The zero-order valence-electron chi connectivity index (χ0n) is 22.4. The Morgan fingerprint density at radius 2 is 1.76 bits per heavy atom. The van der Waals surface area contributed by atoms with Crippen molar-refractivity contribution in [2.24, 2.45) is 7.05 Å². The summed E-state index contributed by atoms with van der Waals surface area (Å²) in [6, 6.07) is 11.1. The summed E-state index contributed by atoms with van der Waals surface area (Å²) in [5.74, 6) is -0.513. The standard InChI is InChI=1S/C23H26N4O.C6H9F3O/c1-4-6-17(7-5-2)20-15-27(3)22-9-8-18(13-19(20)22)26-23(28)21-12-16(14-24)10-11-25-21;1-2-3-5(10)4-6(7,8)9/h8-13,15,17H,4-7H2,1-3H3,(H,26,28);2-4H2,1H3. The molecule has 0 aliphatic carbocycles. The van der Waals surface area contributed by atoms with Gasteiger partial charge in [0.1, 0.15) is 17.9 Å². The number of aryl methyl sites for hydroxylation is 1. The van der Waals surface area contributed by atoms with Crippen LogP contribution in [0.25, 0.3) is 10.9 Å². The zero-order valence-corrected chi connectivity index (χ0v) is 22.4. The van der Waals surface area contributed by atoms with Crippen LogP contribution in [0.5, 0.6) is 0 Å². The Kier molecular flexibility index (Phi) is 11.5. The Balaban J connectivity index is 0.000000432. The highest BCUT2D eigenvalue weighted by atomic mass is 19.4. The van der Waals surface area contributed by atoms with E-state index < -0.39 is 18.4 Å². The fraction of sp³-hybridized carbons (Fsp3) is 0.448. The minimum Gasteiger partial charge on any atom is -0.350 e. The van der Waals surface area contributed by atoms with Gasteiger partial charge >= 0.3 is 6.18 Å². The molecule has 1 amide bonds. The number of hydrogen-bond acceptors (Lipinski definition) is 4. The summed E-state index contributed by atoms with van der Waals surface area (Å²) in [5, 5.41) is 13.1. The van der Waals surface area contributed by atoms with Crippen molar-refractivity contribution in [3.8, 4) is 6.07 Å². The lowest BCUT2D eigenvalue weighted by Gasteiger charge is -2.15. The van der Waals surface area contributed by atoms with E-state index >= 15 is 0 Å². The average Bonchev–Trinajstić information content (AvgIpc) is 3.19. The number of rotatable bonds is 10. The van der Waals surface area contributed by atoms with Crippen LogP contribution in [0, 0.1) is 11.3 Å². The first-order valence-corrected chi connectivity index (χ1v) is 12.9. The number of aromatic nitrogens is 2. The van der Waals surface area contributed by atoms with Gasteiger partial charge in [-0.15, -0.1) is 0 Å². The normalized spacial score (nSPS) is 11.1. The van der Waals surface area contributed by atoms with Crippen LogP contribution in [-0.4, -0.2) is 27.4 Å². The molecule has 0 atom stereocenters. The molecule has 0 saturated carbocycles. The van der Waals surface area contributed by atoms with E-state index in [0.717, 1.165) is 36.9 Å². The molecule has 9 heteroatoms. The molecule has 0 aliphatic rings. The molecule has 0 bridgehead atoms. The van der Waals surface area contributed by atoms with Crippen LogP contribution < -0.4 is 5.32 Å². The summed E-state index contributed by atoms with van der Waals surface area (Å²) in [5.41, 5.74) is 3.91. The van der Waals surface area contributed by atoms with Gasteiger partial charge in [0.25, 0.3) is 5.91 Å². The van der Waals surface area contributed by atoms with Crippen molar-refractivity contribution >= 4 is 28.3 Å². The molecular formula is C29H35F3N4O2. The van der Waals surface area contributed by atoms with E-state index in [1.165, 1.54) is 23.2 Å². The van der Waals surface area contributed by atoms with Crippen LogP contribution in [0.2, 0.25) is 0 Å². The predicted octanol–water partition coefficient (Wildman–Crippen LogP) is 7.69. The number of halogens is 3. The van der Waals surface area contributed by atoms with Crippen LogP contribution in [0.15, 0.2) is 42.7 Å². The van der Waals surface area contributed by atoms with Crippen molar-refractivity contribution in [3.05, 3.63) is 59.5 Å². The van der Waals surface area contributed by atoms with E-state index in [1.54, 1.807) is 13.0 Å². The summed E-state index contributed by atoms with van der Waals surface area (Å²) in [6.45, 7) is 6.12. The maximum Gasteiger partial charge on any atom is 0.395 e. The van der Waals surface area contributed by atoms with Crippen LogP contribution >= 0.6 is 0 Å². The van der Waals surface area contributed by atoms with Crippen molar-refractivity contribution in [2.75, 3.05) is 5.32 Å². The van der Waals surface area contributed by atoms with Gasteiger partial charge in [0.2, 0.25) is 0 Å². The molecule has 0 radical (unpaired) electrons. The number of hydrogen-bond donors (Lipinski definition) is 1. The van der Waals surface area contributed by atoms with Gasteiger partial charge in [0.15, 0.2) is 0 Å². The molecule has 2 aromatic heterocycles. The summed E-state index contributed by atoms with van der Waals surface area (Å²) < 4.78 is 36.4. The number of benzene rings is 1. The van der Waals surface area contributed by atoms with Crippen LogP contribution in [0.4, 0.5) is 18.9 Å². The lowest BCUT2D eigenvalue weighted by Crippen LogP contribution is -2.14. The summed E-state index contributed by atoms with van der Waals surface area (Å²) in [4.78, 5) is 27.0. The monoisotopic (exact) mass is 528 g/mol. The fourth-order valence-electron chi connectivity index (χ4n) is 4.39. The average molecular weight is 529 g/mol. The van der Waals surface area contributed by atoms with E-state index in [2.05, 4.69) is 48.0 Å². The van der Waals surface area contributed by atoms with E-state index in [1.807, 2.05) is 18.2 Å². The van der Waals surface area contributed by atoms with Gasteiger partial charge < -0.3 is 9.88 Å². The Bertz CT molecular complexity index is 1270. The number of nitrogens with zero attached hydrogens (tertiary/aromatic N) is 3. The molecule has 1 aromatic carbocycles. The number of Topliss-reactive ketones (excluding diaryl/α,β-unsaturated/α-hetero) is 1. The second-order valence-electron chi connectivity index (χ2n) is 9.28. The van der Waals surface area contributed by atoms with E-state index in [0.29, 0.717) is 17.9 Å². The van der Waals surface area contributed by atoms with E-state index in [4.69, 9.17) is 5.26 Å². The number of anilines is 1. The maximum atomic E-state index is 12.6. The molecule has 204 valence electrons. The van der Waals surface area contributed by atoms with Crippen LogP contribution in [0.1, 0.15) is 93.3 Å². The number of pyridine rings is 1. The van der Waals surface area contributed by atoms with E-state index in [-0.39, 0.29) is 18.0 Å². The smallest absolute Gasteiger partial charge is 0.350 e. The molecule has 6 nitrogen and oxygen atoms in total. The van der Waals surface area contributed by atoms with Crippen LogP contribution in [-0.2, 0) is 11.8 Å². The third-order valence-electron chi connectivity index (χ3n) is 6.04. The molecular weight excluding hydrogens is 493 g/mol. The van der Waals surface area contributed by atoms with Gasteiger partial charge in [0, 0.05) is 42.5 Å². The van der Waals surface area contributed by atoms with Gasteiger partial charge in [-0.3, -0.25) is 14.6 Å². The quantitative estimate of drug-likeness (QED) is 0.292. The first-order chi connectivity index (χ1) is 18.0. The van der Waals surface area contributed by atoms with Gasteiger partial charge in [-0.25, -0.2) is 0 Å². The topological polar surface area (TPSA) is 87.8 Å². The number of alkyl halides is 3. The Morgan fingerprint density at radius 1 is 1.08 bits per heavy atom. The van der Waals surface area contributed by atoms with Gasteiger partial charge in [-0.1, -0.05) is 33.6 Å². The third kappa shape index (κ3) is 9.02. The summed E-state index contributed by atoms with van der Waals surface area (Å²) in [7, 11) is 2.07. The minimum atomic E-state index is -4.33. The molecule has 3 aromatic rings. The molecule has 0 aliphatic heterocycles. The predicted molar refractivity (Wildman–Crippen MR) is 143 cm³/mol. The Morgan fingerprint density at radius 3 is 2.34 bits per heavy atom. The zero-order chi connectivity index (χ0) is 28.3. The van der Waals surface area contributed by atoms with Crippen LogP contribution in [0.3, 0.4) is 0 Å². The SMILES string of the molecule is CCCC(=O)CC(F)(F)F.CCCC(CCC)c1cn(C)c2ccc(NC(=O)c3cc(C#N)ccn3)cc12. The number of fused-ring (bicyclic) bond motifs is 1. The fourth-order valence-corrected chi connectivity index (χ4v) is 4.39. The third-order valence-corrected chi connectivity index (χ3v) is 6.04. The molecule has 38 heavy (non-hydrogen) atoms. The summed E-state index contributed by atoms with van der Waals surface area (Å²) >= 11 is 0. The number of nitriles is 1. The molecule has 1 N–H and O–H groups in total. The van der Waals surface area contributed by atoms with Crippen molar-refractivity contribution in [2.45, 2.75) is 77.8 Å². The molecule has 2 heterocycles. The lowest BCUT2D eigenvalue weighted by atomic mass is 9.90. The lowest BCUT2D eigenvalue weighted by molar-refractivity contribution is -0.152. The number of carbonyl (C=O) groups is 2. The van der Waals surface area contributed by atoms with Crippen molar-refractivity contribution in [1.82, 2.24) is 9.55 Å². The molecule has 0 unspecified atom stereocenters. The number of nitrogens with one attached hydrogen (secondary N) is 1. The number of amides is 1. The van der Waals surface area contributed by atoms with Gasteiger partial charge in [0.05, 0.1) is 11.6 Å². The highest BCUT2D eigenvalue weighted by Crippen LogP contribution is 2.34. The maximum absolute atomic E-state index is 12.6. The second kappa shape index (κ2) is 14.3. The first-order valence-electron chi connectivity index (χ1n) is 12.9. The van der Waals surface area contributed by atoms with E-state index in [9.17, 15) is 22.8 Å².